The molecule has 2 aromatic heterocycles. The van der Waals surface area contributed by atoms with Crippen LogP contribution in [0.4, 0.5) is 10.2 Å². The van der Waals surface area contributed by atoms with Crippen molar-refractivity contribution in [1.82, 2.24) is 9.97 Å². The summed E-state index contributed by atoms with van der Waals surface area (Å²) in [7, 11) is -1.41. The lowest BCUT2D eigenvalue weighted by molar-refractivity contribution is 0.564. The highest BCUT2D eigenvalue weighted by Gasteiger charge is 2.14. The highest BCUT2D eigenvalue weighted by atomic mass is 32.2. The lowest BCUT2D eigenvalue weighted by Crippen LogP contribution is -2.13. The number of rotatable bonds is 5. The first-order chi connectivity index (χ1) is 11.1. The number of nitrogens with one attached hydrogen (secondary N) is 1. The molecular formula is C16H16FN3O2S. The molecule has 0 fully saturated rings. The van der Waals surface area contributed by atoms with E-state index in [1.54, 1.807) is 12.1 Å². The molecule has 3 rings (SSSR count). The van der Waals surface area contributed by atoms with Crippen LogP contribution >= 0.6 is 0 Å². The molecule has 0 aliphatic rings. The zero-order valence-corrected chi connectivity index (χ0v) is 13.6. The summed E-state index contributed by atoms with van der Waals surface area (Å²) in [6.07, 6.45) is 1.42. The Kier molecular flexibility index (Phi) is 4.38. The predicted molar refractivity (Wildman–Crippen MR) is 87.4 cm³/mol. The summed E-state index contributed by atoms with van der Waals surface area (Å²) >= 11 is 0. The van der Waals surface area contributed by atoms with Crippen LogP contribution in [0.5, 0.6) is 0 Å². The van der Waals surface area contributed by atoms with Crippen LogP contribution in [0.15, 0.2) is 39.9 Å². The average molecular weight is 333 g/mol. The first kappa shape index (κ1) is 15.6. The zero-order chi connectivity index (χ0) is 16.4. The number of benzene rings is 1. The molecule has 0 spiro atoms. The second kappa shape index (κ2) is 6.45. The highest BCUT2D eigenvalue weighted by molar-refractivity contribution is 7.85. The van der Waals surface area contributed by atoms with E-state index in [4.69, 9.17) is 4.42 Å². The van der Waals surface area contributed by atoms with Crippen molar-refractivity contribution in [2.75, 3.05) is 17.6 Å². The number of nitrogens with zero attached hydrogens (tertiary/aromatic N) is 2. The van der Waals surface area contributed by atoms with Gasteiger partial charge in [0.25, 0.3) is 0 Å². The molecule has 120 valence electrons. The summed E-state index contributed by atoms with van der Waals surface area (Å²) in [5.41, 5.74) is 1.49. The number of anilines is 1. The monoisotopic (exact) mass is 333 g/mol. The largest absolute Gasteiger partial charge is 0.443 e. The molecule has 7 heteroatoms. The van der Waals surface area contributed by atoms with Gasteiger partial charge in [-0.05, 0) is 26.0 Å². The Morgan fingerprint density at radius 3 is 2.83 bits per heavy atom. The minimum Gasteiger partial charge on any atom is -0.443 e. The summed E-state index contributed by atoms with van der Waals surface area (Å²) < 4.78 is 31.3. The van der Waals surface area contributed by atoms with E-state index in [1.165, 1.54) is 18.5 Å². The third-order valence-corrected chi connectivity index (χ3v) is 5.02. The highest BCUT2D eigenvalue weighted by Crippen LogP contribution is 2.27. The maximum Gasteiger partial charge on any atom is 0.231 e. The lowest BCUT2D eigenvalue weighted by atomic mass is 10.2. The number of halogens is 1. The van der Waals surface area contributed by atoms with E-state index in [0.29, 0.717) is 18.1 Å². The number of aromatic nitrogens is 2. The van der Waals surface area contributed by atoms with E-state index in [0.717, 1.165) is 16.7 Å². The molecule has 23 heavy (non-hydrogen) atoms. The Labute approximate surface area is 135 Å². The molecule has 0 radical (unpaired) electrons. The van der Waals surface area contributed by atoms with Gasteiger partial charge in [0, 0.05) is 17.9 Å². The fraction of sp³-hybridized carbons (Fsp3) is 0.250. The quantitative estimate of drug-likeness (QED) is 0.776. The van der Waals surface area contributed by atoms with Crippen LogP contribution in [0, 0.1) is 19.7 Å². The number of fused-ring (bicyclic) bond motifs is 1. The van der Waals surface area contributed by atoms with E-state index in [1.807, 2.05) is 13.8 Å². The maximum absolute atomic E-state index is 13.6. The minimum absolute atomic E-state index is 0.220. The van der Waals surface area contributed by atoms with E-state index in [2.05, 4.69) is 15.3 Å². The summed E-state index contributed by atoms with van der Waals surface area (Å²) in [5.74, 6) is 1.26. The van der Waals surface area contributed by atoms with Crippen LogP contribution < -0.4 is 5.32 Å². The summed E-state index contributed by atoms with van der Waals surface area (Å²) in [6.45, 7) is 4.21. The van der Waals surface area contributed by atoms with Crippen molar-refractivity contribution in [3.05, 3.63) is 47.7 Å². The van der Waals surface area contributed by atoms with Crippen LogP contribution in [0.2, 0.25) is 0 Å². The molecule has 0 saturated heterocycles. The molecule has 0 amide bonds. The Hall–Kier alpha value is -2.28. The Bertz CT molecular complexity index is 879. The fourth-order valence-corrected chi connectivity index (χ4v) is 3.34. The van der Waals surface area contributed by atoms with Crippen molar-refractivity contribution >= 4 is 27.7 Å². The number of aryl methyl sites for hydroxylation is 2. The molecule has 5 nitrogen and oxygen atoms in total. The molecule has 0 bridgehead atoms. The van der Waals surface area contributed by atoms with Gasteiger partial charge in [-0.15, -0.1) is 0 Å². The van der Waals surface area contributed by atoms with Gasteiger partial charge in [-0.2, -0.15) is 0 Å². The van der Waals surface area contributed by atoms with E-state index >= 15 is 0 Å². The van der Waals surface area contributed by atoms with Crippen LogP contribution in [0.3, 0.4) is 0 Å². The first-order valence-corrected chi connectivity index (χ1v) is 8.47. The van der Waals surface area contributed by atoms with Crippen molar-refractivity contribution in [2.24, 2.45) is 0 Å². The lowest BCUT2D eigenvalue weighted by Gasteiger charge is -2.07. The van der Waals surface area contributed by atoms with Gasteiger partial charge >= 0.3 is 0 Å². The van der Waals surface area contributed by atoms with Gasteiger partial charge in [0.1, 0.15) is 23.7 Å². The maximum atomic E-state index is 13.6. The molecule has 1 unspecified atom stereocenters. The van der Waals surface area contributed by atoms with Crippen molar-refractivity contribution in [1.29, 1.82) is 0 Å². The van der Waals surface area contributed by atoms with Gasteiger partial charge < -0.3 is 9.73 Å². The van der Waals surface area contributed by atoms with Crippen LogP contribution in [-0.4, -0.2) is 26.5 Å². The first-order valence-electron chi connectivity index (χ1n) is 7.15. The second-order valence-electron chi connectivity index (χ2n) is 5.09. The molecule has 0 saturated carbocycles. The van der Waals surface area contributed by atoms with Crippen molar-refractivity contribution in [3.8, 4) is 0 Å². The van der Waals surface area contributed by atoms with E-state index in [9.17, 15) is 8.60 Å². The number of furan rings is 1. The molecule has 0 aliphatic carbocycles. The number of hydrogen-bond acceptors (Lipinski definition) is 5. The molecule has 3 aromatic rings. The Morgan fingerprint density at radius 1 is 1.26 bits per heavy atom. The van der Waals surface area contributed by atoms with Crippen LogP contribution in [0.25, 0.3) is 11.1 Å². The van der Waals surface area contributed by atoms with Gasteiger partial charge in [0.15, 0.2) is 0 Å². The normalized spacial score (nSPS) is 12.5. The fourth-order valence-electron chi connectivity index (χ4n) is 2.32. The van der Waals surface area contributed by atoms with Crippen LogP contribution in [-0.2, 0) is 10.8 Å². The van der Waals surface area contributed by atoms with E-state index < -0.39 is 16.6 Å². The van der Waals surface area contributed by atoms with Gasteiger partial charge in [-0.1, -0.05) is 12.1 Å². The van der Waals surface area contributed by atoms with E-state index in [-0.39, 0.29) is 10.6 Å². The van der Waals surface area contributed by atoms with Crippen molar-refractivity contribution < 1.29 is 13.0 Å². The van der Waals surface area contributed by atoms with Gasteiger partial charge in [0.2, 0.25) is 5.71 Å². The molecular weight excluding hydrogens is 317 g/mol. The standard InChI is InChI=1S/C16H16FN3O2S/c1-10-11(2)22-16-14(10)15(19-9-20-16)18-7-8-23(21)13-6-4-3-5-12(13)17/h3-6,9H,7-8H2,1-2H3,(H,18,19,20). The molecule has 0 aliphatic heterocycles. The van der Waals surface area contributed by atoms with Crippen molar-refractivity contribution in [3.63, 3.8) is 0 Å². The smallest absolute Gasteiger partial charge is 0.231 e. The predicted octanol–water partition coefficient (Wildman–Crippen LogP) is 3.20. The summed E-state index contributed by atoms with van der Waals surface area (Å²) in [4.78, 5) is 8.53. The number of hydrogen-bond donors (Lipinski definition) is 1. The zero-order valence-electron chi connectivity index (χ0n) is 12.8. The van der Waals surface area contributed by atoms with Gasteiger partial charge in [-0.3, -0.25) is 4.21 Å². The average Bonchev–Trinajstić information content (AvgIpc) is 2.83. The molecule has 1 atom stereocenters. The van der Waals surface area contributed by atoms with Gasteiger partial charge in [0.05, 0.1) is 21.1 Å². The van der Waals surface area contributed by atoms with Gasteiger partial charge in [-0.25, -0.2) is 14.4 Å². The third-order valence-electron chi connectivity index (χ3n) is 3.63. The van der Waals surface area contributed by atoms with Crippen molar-refractivity contribution in [2.45, 2.75) is 18.7 Å². The Morgan fingerprint density at radius 2 is 2.04 bits per heavy atom. The molecule has 2 heterocycles. The SMILES string of the molecule is Cc1oc2ncnc(NCCS(=O)c3ccccc3F)c2c1C. The second-order valence-corrected chi connectivity index (χ2v) is 6.63. The van der Waals surface area contributed by atoms with Crippen LogP contribution in [0.1, 0.15) is 11.3 Å². The topological polar surface area (TPSA) is 68.0 Å². The summed E-state index contributed by atoms with van der Waals surface area (Å²) in [6, 6.07) is 6.11. The Balaban J connectivity index is 1.72. The third kappa shape index (κ3) is 3.10. The molecule has 1 N–H and O–H groups in total. The minimum atomic E-state index is -1.41. The summed E-state index contributed by atoms with van der Waals surface area (Å²) in [5, 5.41) is 3.96. The molecule has 1 aromatic carbocycles.